The molecule has 1 aliphatic heterocycles. The molecule has 2 rings (SSSR count). The van der Waals surface area contributed by atoms with Crippen molar-refractivity contribution < 1.29 is 14.3 Å². The van der Waals surface area contributed by atoms with Crippen LogP contribution < -0.4 is 10.1 Å². The van der Waals surface area contributed by atoms with Crippen molar-refractivity contribution in [3.63, 3.8) is 0 Å². The topological polar surface area (TPSA) is 50.8 Å². The Kier molecular flexibility index (Phi) is 6.34. The van der Waals surface area contributed by atoms with Crippen LogP contribution in [-0.4, -0.2) is 50.4 Å². The summed E-state index contributed by atoms with van der Waals surface area (Å²) >= 11 is 0. The molecule has 0 atom stereocenters. The zero-order chi connectivity index (χ0) is 14.9. The van der Waals surface area contributed by atoms with Crippen LogP contribution >= 0.6 is 0 Å². The number of rotatable bonds is 6. The Balaban J connectivity index is 1.63. The lowest BCUT2D eigenvalue weighted by atomic mass is 10.1. The lowest BCUT2D eigenvalue weighted by Gasteiger charge is -2.26. The van der Waals surface area contributed by atoms with Crippen molar-refractivity contribution in [2.45, 2.75) is 19.8 Å². The van der Waals surface area contributed by atoms with Gasteiger partial charge in [-0.2, -0.15) is 0 Å². The van der Waals surface area contributed by atoms with Gasteiger partial charge in [0.2, 0.25) is 0 Å². The van der Waals surface area contributed by atoms with Crippen LogP contribution in [0.2, 0.25) is 0 Å². The number of morpholine rings is 1. The van der Waals surface area contributed by atoms with Crippen LogP contribution in [-0.2, 0) is 11.2 Å². The highest BCUT2D eigenvalue weighted by molar-refractivity contribution is 5.74. The van der Waals surface area contributed by atoms with Gasteiger partial charge in [-0.25, -0.2) is 4.79 Å². The Morgan fingerprint density at radius 3 is 2.67 bits per heavy atom. The van der Waals surface area contributed by atoms with Gasteiger partial charge in [0.15, 0.2) is 0 Å². The van der Waals surface area contributed by atoms with E-state index in [0.29, 0.717) is 39.5 Å². The van der Waals surface area contributed by atoms with Gasteiger partial charge in [0, 0.05) is 13.1 Å². The van der Waals surface area contributed by atoms with Crippen molar-refractivity contribution in [3.8, 4) is 5.75 Å². The predicted octanol–water partition coefficient (Wildman–Crippen LogP) is 2.06. The number of benzene rings is 1. The number of hydrogen-bond donors (Lipinski definition) is 1. The Bertz CT molecular complexity index is 428. The highest BCUT2D eigenvalue weighted by atomic mass is 16.5. The van der Waals surface area contributed by atoms with Crippen LogP contribution in [0.15, 0.2) is 24.3 Å². The van der Waals surface area contributed by atoms with Gasteiger partial charge in [-0.15, -0.1) is 0 Å². The Morgan fingerprint density at radius 1 is 1.29 bits per heavy atom. The molecule has 1 aromatic rings. The van der Waals surface area contributed by atoms with Crippen LogP contribution in [0.1, 0.15) is 18.9 Å². The number of nitrogens with zero attached hydrogens (tertiary/aromatic N) is 1. The molecule has 5 nitrogen and oxygen atoms in total. The maximum atomic E-state index is 11.8. The SMILES string of the molecule is CCCc1ccc(OCCNC(=O)N2CCOCC2)cc1. The summed E-state index contributed by atoms with van der Waals surface area (Å²) in [5.41, 5.74) is 1.32. The van der Waals surface area contributed by atoms with Crippen molar-refractivity contribution in [1.82, 2.24) is 10.2 Å². The second-order valence-corrected chi connectivity index (χ2v) is 5.07. The van der Waals surface area contributed by atoms with E-state index in [1.165, 1.54) is 5.56 Å². The van der Waals surface area contributed by atoms with Gasteiger partial charge in [0.1, 0.15) is 12.4 Å². The molecule has 1 aliphatic rings. The molecule has 21 heavy (non-hydrogen) atoms. The number of ether oxygens (including phenoxy) is 2. The molecule has 0 radical (unpaired) electrons. The minimum Gasteiger partial charge on any atom is -0.492 e. The van der Waals surface area contributed by atoms with Gasteiger partial charge in [0.05, 0.1) is 19.8 Å². The van der Waals surface area contributed by atoms with Crippen LogP contribution in [0, 0.1) is 0 Å². The maximum Gasteiger partial charge on any atom is 0.317 e. The van der Waals surface area contributed by atoms with Gasteiger partial charge in [-0.1, -0.05) is 25.5 Å². The third-order valence-electron chi connectivity index (χ3n) is 3.41. The highest BCUT2D eigenvalue weighted by Crippen LogP contribution is 2.13. The van der Waals surface area contributed by atoms with E-state index in [1.807, 2.05) is 12.1 Å². The summed E-state index contributed by atoms with van der Waals surface area (Å²) in [7, 11) is 0. The van der Waals surface area contributed by atoms with Crippen molar-refractivity contribution in [3.05, 3.63) is 29.8 Å². The van der Waals surface area contributed by atoms with Crippen LogP contribution in [0.4, 0.5) is 4.79 Å². The lowest BCUT2D eigenvalue weighted by Crippen LogP contribution is -2.47. The van der Waals surface area contributed by atoms with Crippen LogP contribution in [0.25, 0.3) is 0 Å². The van der Waals surface area contributed by atoms with E-state index in [4.69, 9.17) is 9.47 Å². The van der Waals surface area contributed by atoms with Crippen LogP contribution in [0.3, 0.4) is 0 Å². The molecule has 5 heteroatoms. The summed E-state index contributed by atoms with van der Waals surface area (Å²) in [4.78, 5) is 13.6. The van der Waals surface area contributed by atoms with Gasteiger partial charge in [-0.05, 0) is 24.1 Å². The van der Waals surface area contributed by atoms with E-state index >= 15 is 0 Å². The number of urea groups is 1. The summed E-state index contributed by atoms with van der Waals surface area (Å²) in [6.07, 6.45) is 2.24. The van der Waals surface area contributed by atoms with E-state index in [0.717, 1.165) is 18.6 Å². The normalized spacial score (nSPS) is 14.8. The first-order chi connectivity index (χ1) is 10.3. The molecule has 0 aliphatic carbocycles. The maximum absolute atomic E-state index is 11.8. The van der Waals surface area contributed by atoms with Gasteiger partial charge < -0.3 is 19.7 Å². The molecule has 1 heterocycles. The molecule has 2 amide bonds. The number of carbonyl (C=O) groups excluding carboxylic acids is 1. The Labute approximate surface area is 126 Å². The minimum atomic E-state index is -0.0415. The van der Waals surface area contributed by atoms with E-state index in [1.54, 1.807) is 4.90 Å². The summed E-state index contributed by atoms with van der Waals surface area (Å²) in [5.74, 6) is 0.843. The van der Waals surface area contributed by atoms with Crippen molar-refractivity contribution in [2.24, 2.45) is 0 Å². The molecule has 1 N–H and O–H groups in total. The van der Waals surface area contributed by atoms with Gasteiger partial charge in [-0.3, -0.25) is 0 Å². The summed E-state index contributed by atoms with van der Waals surface area (Å²) in [6, 6.07) is 8.10. The zero-order valence-corrected chi connectivity index (χ0v) is 12.6. The molecular weight excluding hydrogens is 268 g/mol. The van der Waals surface area contributed by atoms with E-state index in [9.17, 15) is 4.79 Å². The van der Waals surface area contributed by atoms with Crippen LogP contribution in [0.5, 0.6) is 5.75 Å². The monoisotopic (exact) mass is 292 g/mol. The fraction of sp³-hybridized carbons (Fsp3) is 0.562. The quantitative estimate of drug-likeness (QED) is 0.817. The predicted molar refractivity (Wildman–Crippen MR) is 81.7 cm³/mol. The number of amides is 2. The zero-order valence-electron chi connectivity index (χ0n) is 12.6. The molecule has 0 saturated carbocycles. The molecule has 1 aromatic carbocycles. The second kappa shape index (κ2) is 8.52. The number of carbonyl (C=O) groups is 1. The molecule has 0 spiro atoms. The third-order valence-corrected chi connectivity index (χ3v) is 3.41. The van der Waals surface area contributed by atoms with E-state index in [-0.39, 0.29) is 6.03 Å². The van der Waals surface area contributed by atoms with Crippen molar-refractivity contribution in [2.75, 3.05) is 39.5 Å². The molecule has 116 valence electrons. The summed E-state index contributed by atoms with van der Waals surface area (Å²) < 4.78 is 10.8. The first-order valence-electron chi connectivity index (χ1n) is 7.62. The number of nitrogens with one attached hydrogen (secondary N) is 1. The van der Waals surface area contributed by atoms with Gasteiger partial charge >= 0.3 is 6.03 Å². The van der Waals surface area contributed by atoms with Crippen molar-refractivity contribution >= 4 is 6.03 Å². The third kappa shape index (κ3) is 5.27. The fourth-order valence-electron chi connectivity index (χ4n) is 2.25. The summed E-state index contributed by atoms with van der Waals surface area (Å²) in [5, 5.41) is 2.86. The fourth-order valence-corrected chi connectivity index (χ4v) is 2.25. The average Bonchev–Trinajstić information content (AvgIpc) is 2.54. The number of aryl methyl sites for hydroxylation is 1. The molecule has 0 bridgehead atoms. The Hall–Kier alpha value is -1.75. The average molecular weight is 292 g/mol. The standard InChI is InChI=1S/C16H24N2O3/c1-2-3-14-4-6-15(7-5-14)21-11-8-17-16(19)18-9-12-20-13-10-18/h4-7H,2-3,8-13H2,1H3,(H,17,19). The Morgan fingerprint density at radius 2 is 2.00 bits per heavy atom. The molecule has 1 fully saturated rings. The smallest absolute Gasteiger partial charge is 0.317 e. The van der Waals surface area contributed by atoms with E-state index in [2.05, 4.69) is 24.4 Å². The second-order valence-electron chi connectivity index (χ2n) is 5.07. The molecule has 0 unspecified atom stereocenters. The van der Waals surface area contributed by atoms with Gasteiger partial charge in [0.25, 0.3) is 0 Å². The first-order valence-corrected chi connectivity index (χ1v) is 7.62. The highest BCUT2D eigenvalue weighted by Gasteiger charge is 2.15. The van der Waals surface area contributed by atoms with E-state index < -0.39 is 0 Å². The molecule has 0 aromatic heterocycles. The minimum absolute atomic E-state index is 0.0415. The van der Waals surface area contributed by atoms with Crippen molar-refractivity contribution in [1.29, 1.82) is 0 Å². The number of hydrogen-bond acceptors (Lipinski definition) is 3. The first kappa shape index (κ1) is 15.6. The lowest BCUT2D eigenvalue weighted by molar-refractivity contribution is 0.0530. The summed E-state index contributed by atoms with van der Waals surface area (Å²) in [6.45, 7) is 5.71. The molecular formula is C16H24N2O3. The molecule has 1 saturated heterocycles. The largest absolute Gasteiger partial charge is 0.492 e.